The normalized spacial score (nSPS) is 10.2. The van der Waals surface area contributed by atoms with E-state index in [1.165, 1.54) is 6.20 Å². The molecule has 0 aliphatic heterocycles. The Morgan fingerprint density at radius 2 is 2.06 bits per heavy atom. The van der Waals surface area contributed by atoms with Gasteiger partial charge in [-0.05, 0) is 36.8 Å². The number of benzene rings is 1. The summed E-state index contributed by atoms with van der Waals surface area (Å²) < 4.78 is 13.8. The van der Waals surface area contributed by atoms with E-state index in [1.54, 1.807) is 6.07 Å². The second kappa shape index (κ2) is 5.27. The minimum Gasteiger partial charge on any atom is -0.322 e. The lowest BCUT2D eigenvalue weighted by Gasteiger charge is -2.06. The van der Waals surface area contributed by atoms with Crippen LogP contribution < -0.4 is 5.32 Å². The lowest BCUT2D eigenvalue weighted by Crippen LogP contribution is -2.12. The first-order chi connectivity index (χ1) is 8.54. The van der Waals surface area contributed by atoms with Crippen LogP contribution in [-0.2, 0) is 0 Å². The van der Waals surface area contributed by atoms with Crippen molar-refractivity contribution in [3.05, 3.63) is 58.1 Å². The second-order valence-corrected chi connectivity index (χ2v) is 4.78. The van der Waals surface area contributed by atoms with Gasteiger partial charge in [-0.2, -0.15) is 0 Å². The van der Waals surface area contributed by atoms with Gasteiger partial charge in [0, 0.05) is 16.4 Å². The van der Waals surface area contributed by atoms with Crippen molar-refractivity contribution in [3.8, 4) is 0 Å². The fourth-order valence-electron chi connectivity index (χ4n) is 1.55. The van der Waals surface area contributed by atoms with E-state index in [4.69, 9.17) is 0 Å². The number of hydrogen-bond acceptors (Lipinski definition) is 2. The number of nitrogens with zero attached hydrogens (tertiary/aromatic N) is 1. The summed E-state index contributed by atoms with van der Waals surface area (Å²) >= 11 is 3.35. The third-order valence-corrected chi connectivity index (χ3v) is 2.72. The van der Waals surface area contributed by atoms with Crippen LogP contribution in [0.25, 0.3) is 0 Å². The monoisotopic (exact) mass is 308 g/mol. The molecule has 0 radical (unpaired) electrons. The lowest BCUT2D eigenvalue weighted by atomic mass is 10.2. The molecule has 0 fully saturated rings. The van der Waals surface area contributed by atoms with Crippen molar-refractivity contribution in [2.45, 2.75) is 6.92 Å². The number of anilines is 1. The molecule has 0 atom stereocenters. The number of pyridine rings is 1. The maximum atomic E-state index is 12.9. The van der Waals surface area contributed by atoms with Gasteiger partial charge in [-0.1, -0.05) is 15.9 Å². The van der Waals surface area contributed by atoms with E-state index in [9.17, 15) is 9.18 Å². The molecule has 18 heavy (non-hydrogen) atoms. The highest BCUT2D eigenvalue weighted by Crippen LogP contribution is 2.19. The maximum Gasteiger partial charge on any atom is 0.257 e. The van der Waals surface area contributed by atoms with E-state index in [2.05, 4.69) is 26.2 Å². The smallest absolute Gasteiger partial charge is 0.257 e. The minimum absolute atomic E-state index is 0.188. The van der Waals surface area contributed by atoms with Crippen molar-refractivity contribution >= 4 is 27.5 Å². The van der Waals surface area contributed by atoms with E-state index in [0.29, 0.717) is 5.69 Å². The van der Waals surface area contributed by atoms with E-state index in [0.717, 1.165) is 22.3 Å². The van der Waals surface area contributed by atoms with E-state index < -0.39 is 5.82 Å². The van der Waals surface area contributed by atoms with Crippen LogP contribution in [0.2, 0.25) is 0 Å². The van der Waals surface area contributed by atoms with Gasteiger partial charge in [0.05, 0.1) is 11.8 Å². The number of aryl methyl sites for hydroxylation is 1. The number of aromatic nitrogens is 1. The van der Waals surface area contributed by atoms with Gasteiger partial charge in [-0.15, -0.1) is 0 Å². The predicted octanol–water partition coefficient (Wildman–Crippen LogP) is 3.54. The van der Waals surface area contributed by atoms with Gasteiger partial charge in [-0.25, -0.2) is 4.39 Å². The fourth-order valence-corrected chi connectivity index (χ4v) is 2.16. The van der Waals surface area contributed by atoms with Gasteiger partial charge in [0.1, 0.15) is 5.82 Å². The van der Waals surface area contributed by atoms with Crippen LogP contribution in [0.1, 0.15) is 15.9 Å². The number of carbonyl (C=O) groups excluding carboxylic acids is 1. The Bertz CT molecular complexity index is 581. The molecule has 0 aliphatic rings. The third-order valence-electron chi connectivity index (χ3n) is 2.27. The van der Waals surface area contributed by atoms with Crippen LogP contribution in [0.15, 0.2) is 41.1 Å². The Balaban J connectivity index is 2.21. The van der Waals surface area contributed by atoms with Crippen molar-refractivity contribution in [2.24, 2.45) is 0 Å². The Labute approximate surface area is 112 Å². The van der Waals surface area contributed by atoms with E-state index >= 15 is 0 Å². The summed E-state index contributed by atoms with van der Waals surface area (Å²) in [4.78, 5) is 15.5. The van der Waals surface area contributed by atoms with Gasteiger partial charge < -0.3 is 5.32 Å². The summed E-state index contributed by atoms with van der Waals surface area (Å²) in [7, 11) is 0. The molecule has 0 spiro atoms. The molecule has 0 unspecified atom stereocenters. The number of rotatable bonds is 2. The molecule has 0 saturated carbocycles. The van der Waals surface area contributed by atoms with Crippen LogP contribution in [0, 0.1) is 12.7 Å². The molecule has 1 heterocycles. The van der Waals surface area contributed by atoms with Crippen molar-refractivity contribution in [1.29, 1.82) is 0 Å². The molecule has 0 aliphatic carbocycles. The fraction of sp³-hybridized carbons (Fsp3) is 0.0769. The van der Waals surface area contributed by atoms with E-state index in [1.807, 2.05) is 19.1 Å². The first-order valence-corrected chi connectivity index (χ1v) is 6.03. The van der Waals surface area contributed by atoms with Gasteiger partial charge in [0.15, 0.2) is 0 Å². The van der Waals surface area contributed by atoms with Gasteiger partial charge in [-0.3, -0.25) is 9.78 Å². The molecular weight excluding hydrogens is 299 g/mol. The van der Waals surface area contributed by atoms with Crippen molar-refractivity contribution in [2.75, 3.05) is 5.32 Å². The van der Waals surface area contributed by atoms with Crippen LogP contribution in [0.5, 0.6) is 0 Å². The first kappa shape index (κ1) is 12.7. The van der Waals surface area contributed by atoms with Gasteiger partial charge >= 0.3 is 0 Å². The highest BCUT2D eigenvalue weighted by Gasteiger charge is 2.08. The molecule has 92 valence electrons. The molecule has 1 aromatic carbocycles. The molecule has 1 aromatic heterocycles. The molecule has 1 N–H and O–H groups in total. The highest BCUT2D eigenvalue weighted by molar-refractivity contribution is 9.10. The van der Waals surface area contributed by atoms with Crippen LogP contribution in [0.4, 0.5) is 10.1 Å². The molecule has 2 aromatic rings. The summed E-state index contributed by atoms with van der Waals surface area (Å²) in [6.07, 6.45) is 2.38. The Kier molecular flexibility index (Phi) is 3.72. The number of carbonyl (C=O) groups is 1. The van der Waals surface area contributed by atoms with Crippen LogP contribution in [-0.4, -0.2) is 10.9 Å². The summed E-state index contributed by atoms with van der Waals surface area (Å²) in [5, 5.41) is 2.69. The summed E-state index contributed by atoms with van der Waals surface area (Å²) in [6, 6.07) is 6.68. The molecule has 0 saturated heterocycles. The number of nitrogens with one attached hydrogen (secondary N) is 1. The van der Waals surface area contributed by atoms with Crippen molar-refractivity contribution < 1.29 is 9.18 Å². The molecule has 5 heteroatoms. The number of halogens is 2. The largest absolute Gasteiger partial charge is 0.322 e. The molecular formula is C13H10BrFN2O. The zero-order valence-corrected chi connectivity index (χ0v) is 11.2. The Morgan fingerprint density at radius 1 is 1.28 bits per heavy atom. The second-order valence-electron chi connectivity index (χ2n) is 3.86. The topological polar surface area (TPSA) is 42.0 Å². The summed E-state index contributed by atoms with van der Waals surface area (Å²) in [5.74, 6) is -0.924. The van der Waals surface area contributed by atoms with Crippen molar-refractivity contribution in [1.82, 2.24) is 4.98 Å². The molecule has 0 bridgehead atoms. The first-order valence-electron chi connectivity index (χ1n) is 5.24. The van der Waals surface area contributed by atoms with Gasteiger partial charge in [0.25, 0.3) is 5.91 Å². The van der Waals surface area contributed by atoms with E-state index in [-0.39, 0.29) is 11.5 Å². The maximum absolute atomic E-state index is 12.9. The zero-order chi connectivity index (χ0) is 13.1. The predicted molar refractivity (Wildman–Crippen MR) is 71.0 cm³/mol. The molecule has 1 amide bonds. The zero-order valence-electron chi connectivity index (χ0n) is 9.58. The SMILES string of the molecule is Cc1cc(Br)cc(NC(=O)c2cncc(F)c2)c1. The van der Waals surface area contributed by atoms with Crippen LogP contribution >= 0.6 is 15.9 Å². The average molecular weight is 309 g/mol. The standard InChI is InChI=1S/C13H10BrFN2O/c1-8-2-10(14)5-12(3-8)17-13(18)9-4-11(15)7-16-6-9/h2-7H,1H3,(H,17,18). The Morgan fingerprint density at radius 3 is 2.72 bits per heavy atom. The average Bonchev–Trinajstić information content (AvgIpc) is 2.27. The third kappa shape index (κ3) is 3.13. The number of amides is 1. The summed E-state index contributed by atoms with van der Waals surface area (Å²) in [5.41, 5.74) is 1.85. The summed E-state index contributed by atoms with van der Waals surface area (Å²) in [6.45, 7) is 1.92. The lowest BCUT2D eigenvalue weighted by molar-refractivity contribution is 0.102. The van der Waals surface area contributed by atoms with Gasteiger partial charge in [0.2, 0.25) is 0 Å². The molecule has 3 nitrogen and oxygen atoms in total. The Hall–Kier alpha value is -1.75. The highest BCUT2D eigenvalue weighted by atomic mass is 79.9. The van der Waals surface area contributed by atoms with Crippen molar-refractivity contribution in [3.63, 3.8) is 0 Å². The number of hydrogen-bond donors (Lipinski definition) is 1. The van der Waals surface area contributed by atoms with Crippen LogP contribution in [0.3, 0.4) is 0 Å². The minimum atomic E-state index is -0.534. The quantitative estimate of drug-likeness (QED) is 0.922. The molecule has 2 rings (SSSR count).